The van der Waals surface area contributed by atoms with E-state index in [9.17, 15) is 0 Å². The van der Waals surface area contributed by atoms with Crippen molar-refractivity contribution < 1.29 is 0 Å². The molecule has 1 saturated heterocycles. The number of hydrogen-bond donors (Lipinski definition) is 0. The molecule has 0 saturated carbocycles. The molecule has 0 aromatic carbocycles. The Labute approximate surface area is 117 Å². The van der Waals surface area contributed by atoms with Gasteiger partial charge in [0.25, 0.3) is 0 Å². The third-order valence-electron chi connectivity index (χ3n) is 6.10. The van der Waals surface area contributed by atoms with Crippen LogP contribution in [0.25, 0.3) is 0 Å². The fraction of sp³-hybridized carbons (Fsp3) is 1.00. The van der Waals surface area contributed by atoms with Gasteiger partial charge in [-0.1, -0.05) is 52.4 Å². The fourth-order valence-corrected chi connectivity index (χ4v) is 46.0. The molecule has 0 N–H and O–H groups in total. The van der Waals surface area contributed by atoms with E-state index in [1.807, 2.05) is 0 Å². The van der Waals surface area contributed by atoms with E-state index in [1.54, 1.807) is 0 Å². The summed E-state index contributed by atoms with van der Waals surface area (Å²) in [6, 6.07) is 5.89. The monoisotopic (exact) mass is 303 g/mol. The number of hydrogen-bond acceptors (Lipinski definition) is 3. The van der Waals surface area contributed by atoms with Gasteiger partial charge in [-0.05, 0) is 20.1 Å². The molecule has 3 nitrogen and oxygen atoms in total. The molecule has 0 bridgehead atoms. The Hall–Kier alpha value is 0.531. The molecule has 108 valence electrons. The smallest absolute Gasteiger partial charge is 0.133 e. The van der Waals surface area contributed by atoms with Crippen LogP contribution in [0.4, 0.5) is 0 Å². The van der Waals surface area contributed by atoms with E-state index >= 15 is 0 Å². The molecular formula is C12H33N3Si3. The molecule has 0 aromatic rings. The lowest BCUT2D eigenvalue weighted by atomic mass is 11.0. The van der Waals surface area contributed by atoms with Crippen molar-refractivity contribution in [3.63, 3.8) is 0 Å². The van der Waals surface area contributed by atoms with Gasteiger partial charge in [0, 0.05) is 7.05 Å². The molecule has 0 aromatic heterocycles. The molecule has 2 atom stereocenters. The van der Waals surface area contributed by atoms with Crippen molar-refractivity contribution in [2.45, 2.75) is 58.4 Å². The molecule has 1 aliphatic heterocycles. The maximum atomic E-state index is 2.69. The normalized spacial score (nSPS) is 35.0. The van der Waals surface area contributed by atoms with Crippen molar-refractivity contribution in [2.75, 3.05) is 21.1 Å². The third kappa shape index (κ3) is 2.01. The average Bonchev–Trinajstić information content (AvgIpc) is 2.40. The van der Waals surface area contributed by atoms with Crippen molar-refractivity contribution >= 4 is 23.3 Å². The highest BCUT2D eigenvalue weighted by Gasteiger charge is 2.61. The molecule has 6 heteroatoms. The van der Waals surface area contributed by atoms with E-state index in [2.05, 4.69) is 69.9 Å². The lowest BCUT2D eigenvalue weighted by Gasteiger charge is -2.63. The first-order chi connectivity index (χ1) is 8.36. The van der Waals surface area contributed by atoms with E-state index in [4.69, 9.17) is 0 Å². The molecule has 1 fully saturated rings. The zero-order valence-electron chi connectivity index (χ0n) is 13.7. The summed E-state index contributed by atoms with van der Waals surface area (Å²) in [7, 11) is 3.86. The highest BCUT2D eigenvalue weighted by atomic mass is 29.6. The summed E-state index contributed by atoms with van der Waals surface area (Å²) >= 11 is 0. The lowest BCUT2D eigenvalue weighted by Crippen LogP contribution is -2.86. The standard InChI is InChI=1S/C12H33N3Si3/c1-9-16-14(6)13(5)15(7)17(8,10-2)18(16,11-3)12-4/h16H,9-12H2,1-8H3. The van der Waals surface area contributed by atoms with Crippen LogP contribution in [0.1, 0.15) is 27.7 Å². The second-order valence-corrected chi connectivity index (χ2v) is 29.5. The first-order valence-corrected chi connectivity index (χ1v) is 16.8. The van der Waals surface area contributed by atoms with Crippen molar-refractivity contribution in [3.05, 3.63) is 0 Å². The zero-order chi connectivity index (χ0) is 14.1. The zero-order valence-corrected chi connectivity index (χ0v) is 16.9. The Morgan fingerprint density at radius 3 is 1.72 bits per heavy atom. The summed E-state index contributed by atoms with van der Waals surface area (Å²) in [5.74, 6) is 0. The maximum absolute atomic E-state index is 2.69. The summed E-state index contributed by atoms with van der Waals surface area (Å²) in [6.07, 6.45) is 0. The van der Waals surface area contributed by atoms with Gasteiger partial charge in [0.15, 0.2) is 0 Å². The molecule has 0 amide bonds. The molecule has 1 heterocycles. The van der Waals surface area contributed by atoms with Gasteiger partial charge in [-0.25, -0.2) is 0 Å². The Morgan fingerprint density at radius 2 is 1.39 bits per heavy atom. The second kappa shape index (κ2) is 5.89. The van der Waals surface area contributed by atoms with E-state index in [-0.39, 0.29) is 0 Å². The molecule has 18 heavy (non-hydrogen) atoms. The van der Waals surface area contributed by atoms with Crippen LogP contribution in [0.15, 0.2) is 0 Å². The summed E-state index contributed by atoms with van der Waals surface area (Å²) in [5.41, 5.74) is 0. The van der Waals surface area contributed by atoms with Gasteiger partial charge in [-0.3, -0.25) is 9.35 Å². The predicted octanol–water partition coefficient (Wildman–Crippen LogP) is 2.61. The van der Waals surface area contributed by atoms with Crippen LogP contribution >= 0.6 is 0 Å². The largest absolute Gasteiger partial charge is 0.260 e. The average molecular weight is 304 g/mol. The topological polar surface area (TPSA) is 9.72 Å². The Kier molecular flexibility index (Phi) is 5.42. The predicted molar refractivity (Wildman–Crippen MR) is 89.7 cm³/mol. The van der Waals surface area contributed by atoms with E-state index in [0.29, 0.717) is 0 Å². The molecule has 2 unspecified atom stereocenters. The molecule has 1 rings (SSSR count). The van der Waals surface area contributed by atoms with Gasteiger partial charge >= 0.3 is 0 Å². The van der Waals surface area contributed by atoms with Crippen molar-refractivity contribution in [1.82, 2.24) is 14.5 Å². The van der Waals surface area contributed by atoms with E-state index in [0.717, 1.165) is 0 Å². The summed E-state index contributed by atoms with van der Waals surface area (Å²) < 4.78 is 5.36. The van der Waals surface area contributed by atoms with Crippen molar-refractivity contribution in [3.8, 4) is 0 Å². The molecule has 1 aliphatic rings. The van der Waals surface area contributed by atoms with Gasteiger partial charge in [0.2, 0.25) is 0 Å². The highest BCUT2D eigenvalue weighted by molar-refractivity contribution is 7.64. The number of rotatable bonds is 4. The van der Waals surface area contributed by atoms with Crippen LogP contribution < -0.4 is 0 Å². The summed E-state index contributed by atoms with van der Waals surface area (Å²) in [5, 5.41) is 2.46. The lowest BCUT2D eigenvalue weighted by molar-refractivity contribution is -0.0406. The molecular weight excluding hydrogens is 270 g/mol. The van der Waals surface area contributed by atoms with Crippen LogP contribution in [0, 0.1) is 0 Å². The fourth-order valence-electron chi connectivity index (χ4n) is 4.49. The Balaban J connectivity index is 3.36. The van der Waals surface area contributed by atoms with Crippen molar-refractivity contribution in [1.29, 1.82) is 0 Å². The summed E-state index contributed by atoms with van der Waals surface area (Å²) in [4.78, 5) is 0. The number of hydrazine groups is 2. The van der Waals surface area contributed by atoms with Gasteiger partial charge in [0.05, 0.1) is 7.11 Å². The molecule has 0 spiro atoms. The molecule has 0 aliphatic carbocycles. The van der Waals surface area contributed by atoms with Crippen molar-refractivity contribution in [2.24, 2.45) is 0 Å². The first kappa shape index (κ1) is 16.6. The first-order valence-electron chi connectivity index (χ1n) is 7.56. The van der Waals surface area contributed by atoms with Crippen LogP contribution in [0.5, 0.6) is 0 Å². The second-order valence-electron chi connectivity index (χ2n) is 6.00. The molecule has 0 radical (unpaired) electrons. The Bertz CT molecular complexity index is 286. The van der Waals surface area contributed by atoms with Crippen LogP contribution in [0.2, 0.25) is 30.7 Å². The van der Waals surface area contributed by atoms with Crippen LogP contribution in [-0.2, 0) is 0 Å². The SMILES string of the molecule is CC[SiH]1N(C)N(C)N(C)[Si](C)(CC)[Si]1(CC)CC. The van der Waals surface area contributed by atoms with Gasteiger partial charge < -0.3 is 0 Å². The minimum Gasteiger partial charge on any atom is -0.260 e. The minimum atomic E-state index is -1.26. The van der Waals surface area contributed by atoms with Crippen LogP contribution in [-0.4, -0.2) is 58.9 Å². The summed E-state index contributed by atoms with van der Waals surface area (Å²) in [6.45, 7) is 12.6. The minimum absolute atomic E-state index is 0.771. The van der Waals surface area contributed by atoms with Gasteiger partial charge in [-0.15, -0.1) is 0 Å². The third-order valence-corrected chi connectivity index (χ3v) is 45.0. The maximum Gasteiger partial charge on any atom is 0.133 e. The highest BCUT2D eigenvalue weighted by Crippen LogP contribution is 2.40. The van der Waals surface area contributed by atoms with Gasteiger partial charge in [0.1, 0.15) is 16.2 Å². The number of nitrogens with zero attached hydrogens (tertiary/aromatic N) is 3. The Morgan fingerprint density at radius 1 is 0.889 bits per heavy atom. The van der Waals surface area contributed by atoms with E-state index in [1.165, 1.54) is 24.2 Å². The van der Waals surface area contributed by atoms with Crippen LogP contribution in [0.3, 0.4) is 0 Å². The quantitative estimate of drug-likeness (QED) is 0.739. The van der Waals surface area contributed by atoms with E-state index < -0.39 is 23.3 Å². The van der Waals surface area contributed by atoms with Gasteiger partial charge in [-0.2, -0.15) is 5.12 Å².